The van der Waals surface area contributed by atoms with Gasteiger partial charge >= 0.3 is 17.9 Å². The summed E-state index contributed by atoms with van der Waals surface area (Å²) in [6.45, 7) is 5.52. The van der Waals surface area contributed by atoms with Gasteiger partial charge in [0.15, 0.2) is 14.7 Å². The van der Waals surface area contributed by atoms with E-state index in [-0.39, 0.29) is 76.7 Å². The molecule has 0 spiro atoms. The average Bonchev–Trinajstić information content (AvgIpc) is 0.766. The van der Waals surface area contributed by atoms with Gasteiger partial charge in [-0.25, -0.2) is 34.8 Å². The predicted molar refractivity (Wildman–Crippen MR) is 415 cm³/mol. The van der Waals surface area contributed by atoms with Crippen LogP contribution in [0, 0.1) is 30.3 Å². The number of amides is 2. The van der Waals surface area contributed by atoms with E-state index in [1.165, 1.54) is 84.0 Å². The first-order valence-corrected chi connectivity index (χ1v) is 39.7. The van der Waals surface area contributed by atoms with Crippen LogP contribution in [0.1, 0.15) is 64.2 Å². The van der Waals surface area contributed by atoms with Crippen molar-refractivity contribution in [1.29, 1.82) is 0 Å². The third-order valence-electron chi connectivity index (χ3n) is 19.9. The number of carbonyl (C=O) groups excluding carboxylic acids is 5. The number of rotatable bonds is 24. The number of benzene rings is 9. The minimum Gasteiger partial charge on any atom is -0.468 e. The van der Waals surface area contributed by atoms with Gasteiger partial charge in [0.1, 0.15) is 30.2 Å². The lowest BCUT2D eigenvalue weighted by molar-refractivity contribution is -0.388. The van der Waals surface area contributed by atoms with Crippen molar-refractivity contribution in [2.75, 3.05) is 67.1 Å². The van der Waals surface area contributed by atoms with Gasteiger partial charge in [-0.3, -0.25) is 49.6 Å². The zero-order chi connectivity index (χ0) is 79.4. The predicted octanol–water partition coefficient (Wildman–Crippen LogP) is 10.5. The molecule has 3 fully saturated rings. The first kappa shape index (κ1) is 84.0. The molecule has 0 N–H and O–H groups in total. The average molecular weight is 1580 g/mol. The Kier molecular flexibility index (Phi) is 27.8. The molecule has 0 saturated carbocycles. The van der Waals surface area contributed by atoms with E-state index in [0.29, 0.717) is 25.9 Å². The number of para-hydroxylation sites is 3. The Morgan fingerprint density at radius 2 is 0.685 bits per heavy atom. The molecule has 0 aromatic heterocycles. The molecule has 0 radical (unpaired) electrons. The molecule has 9 aromatic carbocycles. The monoisotopic (exact) mass is 1580 g/mol. The molecule has 0 bridgehead atoms. The van der Waals surface area contributed by atoms with E-state index in [4.69, 9.17) is 14.2 Å². The minimum atomic E-state index is -4.36. The molecule has 12 rings (SSSR count). The molecule has 9 aromatic rings. The fourth-order valence-electron chi connectivity index (χ4n) is 14.4. The van der Waals surface area contributed by atoms with Crippen LogP contribution in [-0.2, 0) is 87.5 Å². The first-order valence-electron chi connectivity index (χ1n) is 35.4. The first-order chi connectivity index (χ1) is 52.6. The molecule has 586 valence electrons. The van der Waals surface area contributed by atoms with E-state index in [2.05, 4.69) is 6.07 Å². The Morgan fingerprint density at radius 1 is 0.396 bits per heavy atom. The summed E-state index contributed by atoms with van der Waals surface area (Å²) in [4.78, 5) is 101. The topological polar surface area (TPSA) is 364 Å². The Labute approximate surface area is 643 Å². The number of nitro benzene ring substituents is 3. The van der Waals surface area contributed by atoms with E-state index in [1.807, 2.05) is 133 Å². The van der Waals surface area contributed by atoms with Gasteiger partial charge in [0.2, 0.25) is 21.8 Å². The lowest BCUT2D eigenvalue weighted by Gasteiger charge is -2.42. The third kappa shape index (κ3) is 18.4. The fourth-order valence-corrected chi connectivity index (χ4v) is 19.8. The second kappa shape index (κ2) is 36.7. The number of ether oxygens (including phenoxy) is 3. The van der Waals surface area contributed by atoms with Gasteiger partial charge in [-0.05, 0) is 92.9 Å². The number of carbonyl (C=O) groups is 5. The molecule has 32 heteroatoms. The molecule has 3 aliphatic heterocycles. The lowest BCUT2D eigenvalue weighted by Crippen LogP contribution is -2.62. The molecule has 3 saturated heterocycles. The van der Waals surface area contributed by atoms with Crippen LogP contribution < -0.4 is 0 Å². The third-order valence-corrected chi connectivity index (χ3v) is 25.9. The van der Waals surface area contributed by atoms with Crippen LogP contribution >= 0.6 is 0 Å². The molecule has 0 aliphatic carbocycles. The highest BCUT2D eigenvalue weighted by atomic mass is 32.2. The molecule has 0 unspecified atom stereocenters. The molecule has 3 heterocycles. The standard InChI is InChI=1S/2C26H27N3O7S.C26H29N3O6S.CH4/c2*1-3-21-25(30)27(14-15-28(21)37(34,35)24-11-7-6-10-22(24)29(32)33)23(26(31)36-2)17-18-12-13-19-8-4-5-9-20(19)16-18;1-3-22-18-27(14-15-28(22)36(33,34)25-11-7-6-10-23(25)29(31)32)24(26(30)35-2)17-19-12-13-20-8-4-5-9-21(20)16-19;/h2*4-13,16,21,23H,3,14-15,17H2,1-2H3;4-13,16,22,24H,3,14-15,17-18H2,1-2H3;1H4/t2*21-,23-;22-,24-;/m000./s1. The molecule has 2 amide bonds. The van der Waals surface area contributed by atoms with E-state index in [1.54, 1.807) is 13.8 Å². The van der Waals surface area contributed by atoms with Crippen molar-refractivity contribution in [2.45, 2.75) is 118 Å². The molecule has 6 atom stereocenters. The smallest absolute Gasteiger partial charge is 0.328 e. The molecule has 3 aliphatic rings. The summed E-state index contributed by atoms with van der Waals surface area (Å²) < 4.78 is 99.3. The van der Waals surface area contributed by atoms with Crippen LogP contribution in [0.5, 0.6) is 0 Å². The van der Waals surface area contributed by atoms with E-state index in [0.717, 1.165) is 81.9 Å². The maximum atomic E-state index is 13.6. The van der Waals surface area contributed by atoms with E-state index < -0.39 is 132 Å². The van der Waals surface area contributed by atoms with Crippen LogP contribution in [0.2, 0.25) is 0 Å². The Hall–Kier alpha value is -11.0. The Bertz CT molecular complexity index is 5100. The van der Waals surface area contributed by atoms with Crippen molar-refractivity contribution < 1.29 is 78.2 Å². The summed E-state index contributed by atoms with van der Waals surface area (Å²) in [5.74, 6) is -2.69. The van der Waals surface area contributed by atoms with Crippen molar-refractivity contribution in [2.24, 2.45) is 0 Å². The normalized spacial score (nSPS) is 17.5. The molecular weight excluding hydrogens is 1490 g/mol. The summed E-state index contributed by atoms with van der Waals surface area (Å²) in [5.41, 5.74) is 1.06. The van der Waals surface area contributed by atoms with Crippen molar-refractivity contribution in [3.05, 3.63) is 247 Å². The Morgan fingerprint density at radius 3 is 1.00 bits per heavy atom. The molecular formula is C79H87N9O20S3. The number of methoxy groups -OCH3 is 3. The minimum absolute atomic E-state index is 0. The summed E-state index contributed by atoms with van der Waals surface area (Å²) in [6, 6.07) is 51.4. The number of piperazine rings is 3. The number of fused-ring (bicyclic) bond motifs is 3. The Balaban J connectivity index is 0.000000191. The largest absolute Gasteiger partial charge is 0.468 e. The summed E-state index contributed by atoms with van der Waals surface area (Å²) in [5, 5.41) is 40.6. The van der Waals surface area contributed by atoms with Crippen LogP contribution in [0.25, 0.3) is 32.3 Å². The van der Waals surface area contributed by atoms with Gasteiger partial charge in [-0.1, -0.05) is 192 Å². The zero-order valence-corrected chi connectivity index (χ0v) is 63.6. The highest BCUT2D eigenvalue weighted by Crippen LogP contribution is 2.36. The van der Waals surface area contributed by atoms with Gasteiger partial charge < -0.3 is 24.0 Å². The maximum absolute atomic E-state index is 13.6. The van der Waals surface area contributed by atoms with Gasteiger partial charge in [-0.15, -0.1) is 0 Å². The number of sulfonamides is 3. The molecule has 111 heavy (non-hydrogen) atoms. The van der Waals surface area contributed by atoms with Crippen LogP contribution in [0.3, 0.4) is 0 Å². The van der Waals surface area contributed by atoms with Crippen molar-refractivity contribution >= 4 is 109 Å². The highest BCUT2D eigenvalue weighted by molar-refractivity contribution is 7.90. The van der Waals surface area contributed by atoms with Crippen molar-refractivity contribution in [1.82, 2.24) is 27.6 Å². The van der Waals surface area contributed by atoms with Crippen LogP contribution in [0.4, 0.5) is 17.1 Å². The maximum Gasteiger partial charge on any atom is 0.328 e. The van der Waals surface area contributed by atoms with Crippen LogP contribution in [-0.4, -0.2) is 201 Å². The summed E-state index contributed by atoms with van der Waals surface area (Å²) in [7, 11) is -9.00. The second-order valence-electron chi connectivity index (χ2n) is 26.3. The van der Waals surface area contributed by atoms with Gasteiger partial charge in [-0.2, -0.15) is 12.9 Å². The van der Waals surface area contributed by atoms with Gasteiger partial charge in [0, 0.05) is 82.9 Å². The number of nitro groups is 3. The van der Waals surface area contributed by atoms with Gasteiger partial charge in [0.05, 0.1) is 36.1 Å². The highest BCUT2D eigenvalue weighted by Gasteiger charge is 2.49. The lowest BCUT2D eigenvalue weighted by atomic mass is 9.99. The van der Waals surface area contributed by atoms with E-state index >= 15 is 0 Å². The SMILES string of the molecule is C.CC[C@H]1C(=O)N([C@@H](Cc2ccc3ccccc3c2)C(=O)OC)CCN1S(=O)(=O)c1ccccc1[N+](=O)[O-].CC[C@H]1C(=O)N([C@@H](Cc2ccc3ccccc3c2)C(=O)OC)CCN1S(=O)(=O)c1ccccc1[N+](=O)[O-].CC[C@H]1CN([C@@H](Cc2ccc3ccccc3c2)C(=O)OC)CCN1S(=O)(=O)c1ccccc1[N+](=O)[O-]. The number of esters is 3. The second-order valence-corrected chi connectivity index (χ2v) is 31.8. The number of hydrogen-bond donors (Lipinski definition) is 0. The zero-order valence-electron chi connectivity index (χ0n) is 61.1. The van der Waals surface area contributed by atoms with Crippen molar-refractivity contribution in [3.8, 4) is 0 Å². The quantitative estimate of drug-likeness (QED) is 0.0235. The van der Waals surface area contributed by atoms with Crippen LogP contribution in [0.15, 0.2) is 215 Å². The van der Waals surface area contributed by atoms with Gasteiger partial charge in [0.25, 0.3) is 37.1 Å². The van der Waals surface area contributed by atoms with E-state index in [9.17, 15) is 79.6 Å². The summed E-state index contributed by atoms with van der Waals surface area (Å²) in [6.07, 6.45) is 1.54. The fraction of sp³-hybridized carbons (Fsp3) is 0.329. The summed E-state index contributed by atoms with van der Waals surface area (Å²) >= 11 is 0. The van der Waals surface area contributed by atoms with Crippen molar-refractivity contribution in [3.63, 3.8) is 0 Å². The molecule has 29 nitrogen and oxygen atoms in total. The number of nitrogens with zero attached hydrogens (tertiary/aromatic N) is 9. The number of hydrogen-bond acceptors (Lipinski definition) is 21.